The van der Waals surface area contributed by atoms with E-state index in [1.54, 1.807) is 0 Å². The molecule has 1 N–H and O–H groups in total. The Balaban J connectivity index is 2.06. The smallest absolute Gasteiger partial charge is 0.302 e. The van der Waals surface area contributed by atoms with E-state index in [9.17, 15) is 9.90 Å². The second kappa shape index (κ2) is 6.34. The third kappa shape index (κ3) is 2.93. The molecule has 0 spiro atoms. The molecule has 4 heteroatoms. The Kier molecular flexibility index (Phi) is 4.85. The standard InChI is InChI=1S/C22H36O4/c1-7-20(4)12-9-17-21(5)11-8-10-19(3,14-23)18(21)16(25-15(2)24)13-22(17,6)26-20/h7,16-18,23H,1,8-14H2,2-6H3/t16-,17?,18+,19?,20+,21+,22+/m1/s1. The molecule has 1 heterocycles. The van der Waals surface area contributed by atoms with Crippen molar-refractivity contribution in [1.29, 1.82) is 0 Å². The monoisotopic (exact) mass is 364 g/mol. The van der Waals surface area contributed by atoms with Crippen molar-refractivity contribution in [2.45, 2.75) is 90.4 Å². The molecule has 0 aromatic heterocycles. The van der Waals surface area contributed by atoms with Gasteiger partial charge in [-0.05, 0) is 56.3 Å². The molecule has 3 fully saturated rings. The van der Waals surface area contributed by atoms with Crippen molar-refractivity contribution in [2.24, 2.45) is 22.7 Å². The molecule has 3 aliphatic rings. The maximum Gasteiger partial charge on any atom is 0.302 e. The van der Waals surface area contributed by atoms with Gasteiger partial charge in [0.2, 0.25) is 0 Å². The van der Waals surface area contributed by atoms with E-state index >= 15 is 0 Å². The summed E-state index contributed by atoms with van der Waals surface area (Å²) in [5.74, 6) is 0.311. The van der Waals surface area contributed by atoms with Crippen LogP contribution in [0.1, 0.15) is 73.1 Å². The van der Waals surface area contributed by atoms with Crippen LogP contribution in [-0.2, 0) is 14.3 Å². The Bertz CT molecular complexity index is 589. The van der Waals surface area contributed by atoms with Gasteiger partial charge in [-0.3, -0.25) is 4.79 Å². The van der Waals surface area contributed by atoms with Gasteiger partial charge in [-0.2, -0.15) is 0 Å². The molecule has 7 atom stereocenters. The first kappa shape index (κ1) is 19.9. The second-order valence-corrected chi connectivity index (χ2v) is 10.0. The van der Waals surface area contributed by atoms with Crippen molar-refractivity contribution in [3.8, 4) is 0 Å². The summed E-state index contributed by atoms with van der Waals surface area (Å²) >= 11 is 0. The molecule has 4 nitrogen and oxygen atoms in total. The van der Waals surface area contributed by atoms with Crippen molar-refractivity contribution in [1.82, 2.24) is 0 Å². The minimum atomic E-state index is -0.347. The van der Waals surface area contributed by atoms with Gasteiger partial charge in [-0.25, -0.2) is 0 Å². The first-order valence-electron chi connectivity index (χ1n) is 10.1. The Hall–Kier alpha value is -0.870. The zero-order valence-corrected chi connectivity index (χ0v) is 17.1. The maximum atomic E-state index is 11.9. The second-order valence-electron chi connectivity index (χ2n) is 10.0. The van der Waals surface area contributed by atoms with Crippen LogP contribution in [0.2, 0.25) is 0 Å². The van der Waals surface area contributed by atoms with Crippen molar-refractivity contribution in [3.05, 3.63) is 12.7 Å². The molecule has 0 aromatic carbocycles. The van der Waals surface area contributed by atoms with Crippen LogP contribution >= 0.6 is 0 Å². The summed E-state index contributed by atoms with van der Waals surface area (Å²) in [7, 11) is 0. The number of fused-ring (bicyclic) bond motifs is 3. The van der Waals surface area contributed by atoms with E-state index in [1.165, 1.54) is 6.92 Å². The fourth-order valence-corrected chi connectivity index (χ4v) is 7.01. The Labute approximate surface area is 158 Å². The highest BCUT2D eigenvalue weighted by Gasteiger charge is 2.66. The number of aliphatic hydroxyl groups excluding tert-OH is 1. The van der Waals surface area contributed by atoms with E-state index in [-0.39, 0.29) is 46.6 Å². The zero-order valence-electron chi connectivity index (χ0n) is 17.1. The summed E-state index contributed by atoms with van der Waals surface area (Å²) < 4.78 is 12.6. The Morgan fingerprint density at radius 1 is 1.27 bits per heavy atom. The number of carbonyl (C=O) groups excluding carboxylic acids is 1. The molecule has 0 radical (unpaired) electrons. The van der Waals surface area contributed by atoms with E-state index in [0.717, 1.165) is 32.1 Å². The molecule has 26 heavy (non-hydrogen) atoms. The van der Waals surface area contributed by atoms with Crippen LogP contribution in [0.25, 0.3) is 0 Å². The summed E-state index contributed by atoms with van der Waals surface area (Å²) in [6.07, 6.45) is 7.62. The molecule has 3 rings (SSSR count). The SMILES string of the molecule is C=C[C@@]1(C)CCC2[C@]3(C)CCCC(C)(CO)[C@@H]3[C@H](OC(C)=O)C[C@]2(C)O1. The third-order valence-corrected chi connectivity index (χ3v) is 7.94. The molecule has 0 amide bonds. The number of esters is 1. The van der Waals surface area contributed by atoms with Crippen molar-refractivity contribution >= 4 is 5.97 Å². The molecule has 0 bridgehead atoms. The molecular formula is C22H36O4. The largest absolute Gasteiger partial charge is 0.462 e. The Morgan fingerprint density at radius 3 is 2.54 bits per heavy atom. The van der Waals surface area contributed by atoms with E-state index in [2.05, 4.69) is 34.3 Å². The zero-order chi connectivity index (χ0) is 19.4. The normalized spacial score (nSPS) is 51.1. The fraction of sp³-hybridized carbons (Fsp3) is 0.864. The summed E-state index contributed by atoms with van der Waals surface area (Å²) in [4.78, 5) is 11.9. The van der Waals surface area contributed by atoms with Crippen LogP contribution in [-0.4, -0.2) is 35.0 Å². The lowest BCUT2D eigenvalue weighted by Crippen LogP contribution is -2.67. The minimum Gasteiger partial charge on any atom is -0.462 e. The van der Waals surface area contributed by atoms with Gasteiger partial charge in [0.1, 0.15) is 6.10 Å². The molecule has 1 saturated heterocycles. The summed E-state index contributed by atoms with van der Waals surface area (Å²) in [6.45, 7) is 14.4. The molecule has 148 valence electrons. The van der Waals surface area contributed by atoms with Gasteiger partial charge in [-0.1, -0.05) is 26.3 Å². The van der Waals surface area contributed by atoms with Gasteiger partial charge in [0.05, 0.1) is 11.2 Å². The molecule has 2 aliphatic carbocycles. The first-order chi connectivity index (χ1) is 12.0. The first-order valence-corrected chi connectivity index (χ1v) is 10.1. The Morgan fingerprint density at radius 2 is 1.96 bits per heavy atom. The number of ether oxygens (including phenoxy) is 2. The topological polar surface area (TPSA) is 55.8 Å². The number of hydrogen-bond donors (Lipinski definition) is 1. The summed E-state index contributed by atoms with van der Waals surface area (Å²) in [5.41, 5.74) is -0.899. The number of hydrogen-bond acceptors (Lipinski definition) is 4. The van der Waals surface area contributed by atoms with Gasteiger partial charge in [0.25, 0.3) is 0 Å². The highest BCUT2D eigenvalue weighted by atomic mass is 16.6. The van der Waals surface area contributed by atoms with Crippen LogP contribution < -0.4 is 0 Å². The lowest BCUT2D eigenvalue weighted by Gasteiger charge is -2.66. The van der Waals surface area contributed by atoms with Crippen LogP contribution in [0.15, 0.2) is 12.7 Å². The molecule has 1 aliphatic heterocycles. The average Bonchev–Trinajstić information content (AvgIpc) is 2.52. The summed E-state index contributed by atoms with van der Waals surface area (Å²) in [5, 5.41) is 10.3. The van der Waals surface area contributed by atoms with Crippen LogP contribution in [0.4, 0.5) is 0 Å². The fourth-order valence-electron chi connectivity index (χ4n) is 7.01. The molecule has 2 unspecified atom stereocenters. The molecule has 2 saturated carbocycles. The summed E-state index contributed by atoms with van der Waals surface area (Å²) in [6, 6.07) is 0. The lowest BCUT2D eigenvalue weighted by atomic mass is 9.43. The van der Waals surface area contributed by atoms with Crippen molar-refractivity contribution in [3.63, 3.8) is 0 Å². The van der Waals surface area contributed by atoms with Gasteiger partial charge in [0, 0.05) is 25.9 Å². The highest BCUT2D eigenvalue weighted by Crippen LogP contribution is 2.66. The quantitative estimate of drug-likeness (QED) is 0.601. The predicted molar refractivity (Wildman–Crippen MR) is 102 cm³/mol. The van der Waals surface area contributed by atoms with Gasteiger partial charge >= 0.3 is 5.97 Å². The van der Waals surface area contributed by atoms with E-state index in [0.29, 0.717) is 12.3 Å². The van der Waals surface area contributed by atoms with Crippen molar-refractivity contribution < 1.29 is 19.4 Å². The van der Waals surface area contributed by atoms with E-state index in [4.69, 9.17) is 9.47 Å². The van der Waals surface area contributed by atoms with E-state index < -0.39 is 0 Å². The molecular weight excluding hydrogens is 328 g/mol. The van der Waals surface area contributed by atoms with Crippen LogP contribution in [0.3, 0.4) is 0 Å². The average molecular weight is 365 g/mol. The maximum absolute atomic E-state index is 11.9. The molecule has 0 aromatic rings. The van der Waals surface area contributed by atoms with Gasteiger partial charge in [-0.15, -0.1) is 6.58 Å². The minimum absolute atomic E-state index is 0.00858. The number of aliphatic hydroxyl groups is 1. The number of carbonyl (C=O) groups is 1. The van der Waals surface area contributed by atoms with Gasteiger partial charge in [0.15, 0.2) is 0 Å². The van der Waals surface area contributed by atoms with Crippen LogP contribution in [0.5, 0.6) is 0 Å². The predicted octanol–water partition coefficient (Wildman–Crippen LogP) is 4.26. The highest BCUT2D eigenvalue weighted by molar-refractivity contribution is 5.66. The number of rotatable bonds is 3. The van der Waals surface area contributed by atoms with Gasteiger partial charge < -0.3 is 14.6 Å². The van der Waals surface area contributed by atoms with Crippen LogP contribution in [0, 0.1) is 22.7 Å². The van der Waals surface area contributed by atoms with Crippen molar-refractivity contribution in [2.75, 3.05) is 6.61 Å². The third-order valence-electron chi connectivity index (χ3n) is 7.94. The lowest BCUT2D eigenvalue weighted by molar-refractivity contribution is -0.283. The van der Waals surface area contributed by atoms with E-state index in [1.807, 2.05) is 6.08 Å².